The Morgan fingerprint density at radius 1 is 0.968 bits per heavy atom. The fourth-order valence-corrected chi connectivity index (χ4v) is 3.60. The van der Waals surface area contributed by atoms with Gasteiger partial charge in [0.1, 0.15) is 17.5 Å². The van der Waals surface area contributed by atoms with Crippen molar-refractivity contribution in [3.8, 4) is 17.3 Å². The molecule has 0 aliphatic carbocycles. The summed E-state index contributed by atoms with van der Waals surface area (Å²) in [6, 6.07) is 16.5. The Bertz CT molecular complexity index is 1150. The van der Waals surface area contributed by atoms with Crippen LogP contribution in [0.5, 0.6) is 0 Å². The highest BCUT2D eigenvalue weighted by Crippen LogP contribution is 2.29. The van der Waals surface area contributed by atoms with Crippen molar-refractivity contribution in [1.29, 1.82) is 5.26 Å². The third-order valence-corrected chi connectivity index (χ3v) is 5.07. The van der Waals surface area contributed by atoms with E-state index in [1.54, 1.807) is 24.3 Å². The molecule has 1 aromatic heterocycles. The molecule has 156 valence electrons. The van der Waals surface area contributed by atoms with E-state index in [9.17, 15) is 14.9 Å². The zero-order valence-electron chi connectivity index (χ0n) is 17.0. The first-order chi connectivity index (χ1) is 14.9. The first-order valence-corrected chi connectivity index (χ1v) is 10.3. The Balaban J connectivity index is 1.81. The molecule has 8 nitrogen and oxygen atoms in total. The molecule has 3 rings (SSSR count). The molecule has 0 unspecified atom stereocenters. The lowest BCUT2D eigenvalue weighted by Gasteiger charge is -2.10. The quantitative estimate of drug-likeness (QED) is 0.398. The summed E-state index contributed by atoms with van der Waals surface area (Å²) in [6.07, 6.45) is 0. The molecule has 0 saturated heterocycles. The van der Waals surface area contributed by atoms with Crippen molar-refractivity contribution >= 4 is 40.8 Å². The number of nitrogen functional groups attached to an aromatic ring is 1. The molecular weight excluding hydrogens is 412 g/mol. The third kappa shape index (κ3) is 5.81. The number of carbonyl (C=O) groups excluding carboxylic acids is 2. The molecule has 0 radical (unpaired) electrons. The molecule has 9 heteroatoms. The first-order valence-electron chi connectivity index (χ1n) is 9.30. The van der Waals surface area contributed by atoms with Gasteiger partial charge in [0.2, 0.25) is 11.8 Å². The number of benzene rings is 2. The van der Waals surface area contributed by atoms with Crippen molar-refractivity contribution in [2.24, 2.45) is 0 Å². The van der Waals surface area contributed by atoms with Crippen molar-refractivity contribution in [2.75, 3.05) is 16.4 Å². The average Bonchev–Trinajstić information content (AvgIpc) is 2.72. The SMILES string of the molecule is CC(=O)Nc1ccc(CSc2nc(N)c(C#N)c(-c3ccc(NC(C)=O)cc3)n2)cc1. The molecular formula is C22H20N6O2S. The predicted molar refractivity (Wildman–Crippen MR) is 121 cm³/mol. The van der Waals surface area contributed by atoms with Gasteiger partial charge in [-0.15, -0.1) is 0 Å². The van der Waals surface area contributed by atoms with Crippen LogP contribution in [0, 0.1) is 11.3 Å². The highest BCUT2D eigenvalue weighted by atomic mass is 32.2. The summed E-state index contributed by atoms with van der Waals surface area (Å²) >= 11 is 1.39. The first kappa shape index (κ1) is 21.8. The van der Waals surface area contributed by atoms with E-state index in [2.05, 4.69) is 26.7 Å². The van der Waals surface area contributed by atoms with E-state index in [4.69, 9.17) is 5.73 Å². The van der Waals surface area contributed by atoms with Gasteiger partial charge >= 0.3 is 0 Å². The molecule has 0 fully saturated rings. The van der Waals surface area contributed by atoms with Gasteiger partial charge in [0.25, 0.3) is 0 Å². The monoisotopic (exact) mass is 432 g/mol. The lowest BCUT2D eigenvalue weighted by Crippen LogP contribution is -2.06. The van der Waals surface area contributed by atoms with Crippen LogP contribution in [0.25, 0.3) is 11.3 Å². The van der Waals surface area contributed by atoms with Gasteiger partial charge in [0.05, 0.1) is 5.69 Å². The molecule has 3 aromatic rings. The van der Waals surface area contributed by atoms with Gasteiger partial charge in [0, 0.05) is 36.5 Å². The summed E-state index contributed by atoms with van der Waals surface area (Å²) in [5, 5.41) is 15.4. The molecule has 0 saturated carbocycles. The lowest BCUT2D eigenvalue weighted by molar-refractivity contribution is -0.115. The number of carbonyl (C=O) groups is 2. The van der Waals surface area contributed by atoms with Crippen LogP contribution in [0.2, 0.25) is 0 Å². The Morgan fingerprint density at radius 3 is 2.03 bits per heavy atom. The fourth-order valence-electron chi connectivity index (χ4n) is 2.79. The summed E-state index contributed by atoms with van der Waals surface area (Å²) in [4.78, 5) is 31.1. The molecule has 0 bridgehead atoms. The van der Waals surface area contributed by atoms with E-state index in [1.165, 1.54) is 25.6 Å². The van der Waals surface area contributed by atoms with Crippen LogP contribution in [-0.2, 0) is 15.3 Å². The minimum atomic E-state index is -0.166. The average molecular weight is 433 g/mol. The smallest absolute Gasteiger partial charge is 0.221 e. The molecule has 0 aliphatic heterocycles. The number of thioether (sulfide) groups is 1. The van der Waals surface area contributed by atoms with Gasteiger partial charge in [0.15, 0.2) is 5.16 Å². The number of nitrogens with zero attached hydrogens (tertiary/aromatic N) is 3. The Hall–Kier alpha value is -3.90. The molecule has 0 spiro atoms. The number of nitrogens with one attached hydrogen (secondary N) is 2. The molecule has 2 aromatic carbocycles. The minimum absolute atomic E-state index is 0.113. The highest BCUT2D eigenvalue weighted by molar-refractivity contribution is 7.98. The molecule has 2 amide bonds. The molecule has 1 heterocycles. The van der Waals surface area contributed by atoms with Crippen LogP contribution in [0.15, 0.2) is 53.7 Å². The van der Waals surface area contributed by atoms with Gasteiger partial charge < -0.3 is 16.4 Å². The van der Waals surface area contributed by atoms with E-state index in [1.807, 2.05) is 24.3 Å². The molecule has 31 heavy (non-hydrogen) atoms. The fraction of sp³-hybridized carbons (Fsp3) is 0.136. The van der Waals surface area contributed by atoms with Crippen molar-refractivity contribution in [3.63, 3.8) is 0 Å². The number of anilines is 3. The number of hydrogen-bond acceptors (Lipinski definition) is 7. The van der Waals surface area contributed by atoms with Gasteiger partial charge in [-0.05, 0) is 29.8 Å². The van der Waals surface area contributed by atoms with E-state index in [0.717, 1.165) is 11.3 Å². The normalized spacial score (nSPS) is 10.2. The Morgan fingerprint density at radius 2 is 1.52 bits per heavy atom. The maximum atomic E-state index is 11.2. The minimum Gasteiger partial charge on any atom is -0.382 e. The zero-order chi connectivity index (χ0) is 22.4. The van der Waals surface area contributed by atoms with Crippen LogP contribution < -0.4 is 16.4 Å². The Labute approximate surface area is 183 Å². The van der Waals surface area contributed by atoms with Gasteiger partial charge in [-0.2, -0.15) is 5.26 Å². The lowest BCUT2D eigenvalue weighted by atomic mass is 10.1. The van der Waals surface area contributed by atoms with Crippen molar-refractivity contribution in [1.82, 2.24) is 9.97 Å². The maximum absolute atomic E-state index is 11.2. The zero-order valence-corrected chi connectivity index (χ0v) is 17.8. The summed E-state index contributed by atoms with van der Waals surface area (Å²) < 4.78 is 0. The second-order valence-corrected chi connectivity index (χ2v) is 7.59. The Kier molecular flexibility index (Phi) is 6.85. The third-order valence-electron chi connectivity index (χ3n) is 4.15. The van der Waals surface area contributed by atoms with Crippen LogP contribution in [0.4, 0.5) is 17.2 Å². The van der Waals surface area contributed by atoms with Crippen LogP contribution in [0.3, 0.4) is 0 Å². The summed E-state index contributed by atoms with van der Waals surface area (Å²) in [5.74, 6) is 0.413. The number of rotatable bonds is 6. The topological polar surface area (TPSA) is 134 Å². The van der Waals surface area contributed by atoms with E-state index >= 15 is 0 Å². The van der Waals surface area contributed by atoms with E-state index < -0.39 is 0 Å². The predicted octanol–water partition coefficient (Wildman–Crippen LogP) is 3.81. The number of nitriles is 1. The largest absolute Gasteiger partial charge is 0.382 e. The van der Waals surface area contributed by atoms with Crippen LogP contribution in [-0.4, -0.2) is 21.8 Å². The highest BCUT2D eigenvalue weighted by Gasteiger charge is 2.15. The number of hydrogen-bond donors (Lipinski definition) is 3. The van der Waals surface area contributed by atoms with E-state index in [-0.39, 0.29) is 23.2 Å². The molecule has 4 N–H and O–H groups in total. The summed E-state index contributed by atoms with van der Waals surface area (Å²) in [5.41, 5.74) is 9.75. The second kappa shape index (κ2) is 9.73. The van der Waals surface area contributed by atoms with E-state index in [0.29, 0.717) is 27.9 Å². The van der Waals surface area contributed by atoms with Crippen LogP contribution in [0.1, 0.15) is 25.0 Å². The molecule has 0 aliphatic rings. The van der Waals surface area contributed by atoms with Crippen molar-refractivity contribution in [2.45, 2.75) is 24.8 Å². The summed E-state index contributed by atoms with van der Waals surface area (Å²) in [6.45, 7) is 2.89. The van der Waals surface area contributed by atoms with Gasteiger partial charge in [-0.1, -0.05) is 36.0 Å². The van der Waals surface area contributed by atoms with Gasteiger partial charge in [-0.3, -0.25) is 9.59 Å². The number of nitrogens with two attached hydrogens (primary N) is 1. The maximum Gasteiger partial charge on any atom is 0.221 e. The number of amides is 2. The van der Waals surface area contributed by atoms with Crippen LogP contribution >= 0.6 is 11.8 Å². The second-order valence-electron chi connectivity index (χ2n) is 6.65. The summed E-state index contributed by atoms with van der Waals surface area (Å²) in [7, 11) is 0. The van der Waals surface area contributed by atoms with Crippen molar-refractivity contribution in [3.05, 3.63) is 59.7 Å². The molecule has 0 atom stereocenters. The number of aromatic nitrogens is 2. The standard InChI is InChI=1S/C22H20N6O2S/c1-13(29)25-17-7-3-15(4-8-17)12-31-22-27-20(19(11-23)21(24)28-22)16-5-9-18(10-6-16)26-14(2)30/h3-10H,12H2,1-2H3,(H,25,29)(H,26,30)(H2,24,27,28). The van der Waals surface area contributed by atoms with Gasteiger partial charge in [-0.25, -0.2) is 9.97 Å². The van der Waals surface area contributed by atoms with Crippen molar-refractivity contribution < 1.29 is 9.59 Å².